The Morgan fingerprint density at radius 3 is 1.76 bits per heavy atom. The van der Waals surface area contributed by atoms with Crippen LogP contribution in [0.4, 0.5) is 0 Å². The van der Waals surface area contributed by atoms with E-state index >= 15 is 0 Å². The van der Waals surface area contributed by atoms with Gasteiger partial charge in [-0.05, 0) is 70.6 Å². The summed E-state index contributed by atoms with van der Waals surface area (Å²) in [6.07, 6.45) is 42.3. The summed E-state index contributed by atoms with van der Waals surface area (Å²) in [5.74, 6) is -1.21. The highest BCUT2D eigenvalue weighted by Crippen LogP contribution is 2.38. The average Bonchev–Trinajstić information content (AvgIpc) is 3.23. The lowest BCUT2D eigenvalue weighted by atomic mass is 10.1. The predicted octanol–water partition coefficient (Wildman–Crippen LogP) is 9.63. The number of quaternary nitrogens is 1. The predicted molar refractivity (Wildman–Crippen MR) is 253 cm³/mol. The number of phosphoric ester groups is 1. The minimum atomic E-state index is -4.74. The number of rotatable bonds is 40. The van der Waals surface area contributed by atoms with Crippen LogP contribution in [0.5, 0.6) is 0 Å². The van der Waals surface area contributed by atoms with E-state index in [0.29, 0.717) is 17.4 Å². The molecular formula is C50H84NO11P. The Morgan fingerprint density at radius 1 is 0.619 bits per heavy atom. The Labute approximate surface area is 381 Å². The minimum absolute atomic E-state index is 0.0874. The molecule has 0 rings (SSSR count). The van der Waals surface area contributed by atoms with Crippen molar-refractivity contribution >= 4 is 19.8 Å². The maximum absolute atomic E-state index is 12.7. The molecular weight excluding hydrogens is 822 g/mol. The highest BCUT2D eigenvalue weighted by atomic mass is 31.2. The number of hydrogen-bond donors (Lipinski definition) is 3. The van der Waals surface area contributed by atoms with E-state index < -0.39 is 57.4 Å². The minimum Gasteiger partial charge on any atom is -0.756 e. The van der Waals surface area contributed by atoms with Crippen LogP contribution >= 0.6 is 7.82 Å². The van der Waals surface area contributed by atoms with Gasteiger partial charge in [0, 0.05) is 12.8 Å². The Balaban J connectivity index is 4.73. The van der Waals surface area contributed by atoms with Gasteiger partial charge in [0.1, 0.15) is 19.8 Å². The monoisotopic (exact) mass is 906 g/mol. The number of carbonyl (C=O) groups is 2. The van der Waals surface area contributed by atoms with Crippen molar-refractivity contribution in [2.24, 2.45) is 0 Å². The van der Waals surface area contributed by atoms with Crippen LogP contribution in [0.2, 0.25) is 0 Å². The lowest BCUT2D eigenvalue weighted by Gasteiger charge is -2.28. The van der Waals surface area contributed by atoms with Crippen LogP contribution in [0.1, 0.15) is 136 Å². The van der Waals surface area contributed by atoms with Gasteiger partial charge in [-0.15, -0.1) is 0 Å². The first-order valence-corrected chi connectivity index (χ1v) is 24.7. The molecule has 360 valence electrons. The smallest absolute Gasteiger partial charge is 0.306 e. The van der Waals surface area contributed by atoms with Crippen molar-refractivity contribution in [1.82, 2.24) is 0 Å². The lowest BCUT2D eigenvalue weighted by Crippen LogP contribution is -2.37. The van der Waals surface area contributed by atoms with Crippen molar-refractivity contribution in [3.63, 3.8) is 0 Å². The molecule has 0 heterocycles. The fraction of sp³-hybridized carbons (Fsp3) is 0.640. The third-order valence-electron chi connectivity index (χ3n) is 9.44. The highest BCUT2D eigenvalue weighted by Gasteiger charge is 2.22. The summed E-state index contributed by atoms with van der Waals surface area (Å²) >= 11 is 0. The fourth-order valence-electron chi connectivity index (χ4n) is 5.61. The number of esters is 2. The first kappa shape index (κ1) is 59.8. The second-order valence-corrected chi connectivity index (χ2v) is 18.0. The number of ether oxygens (including phenoxy) is 2. The molecule has 0 aromatic heterocycles. The second-order valence-electron chi connectivity index (χ2n) is 16.6. The van der Waals surface area contributed by atoms with E-state index in [4.69, 9.17) is 18.5 Å². The van der Waals surface area contributed by atoms with E-state index in [1.165, 1.54) is 31.8 Å². The summed E-state index contributed by atoms with van der Waals surface area (Å²) in [4.78, 5) is 37.7. The molecule has 0 bridgehead atoms. The molecule has 0 aliphatic heterocycles. The van der Waals surface area contributed by atoms with Gasteiger partial charge < -0.3 is 43.2 Å². The van der Waals surface area contributed by atoms with Gasteiger partial charge in [-0.1, -0.05) is 150 Å². The maximum Gasteiger partial charge on any atom is 0.306 e. The van der Waals surface area contributed by atoms with E-state index in [2.05, 4.69) is 62.5 Å². The van der Waals surface area contributed by atoms with E-state index in [0.717, 1.165) is 64.2 Å². The van der Waals surface area contributed by atoms with Crippen LogP contribution in [0.3, 0.4) is 0 Å². The van der Waals surface area contributed by atoms with Crippen molar-refractivity contribution in [1.29, 1.82) is 0 Å². The van der Waals surface area contributed by atoms with E-state index in [9.17, 15) is 34.4 Å². The van der Waals surface area contributed by atoms with Gasteiger partial charge in [0.2, 0.25) is 0 Å². The van der Waals surface area contributed by atoms with Crippen molar-refractivity contribution in [2.45, 2.75) is 160 Å². The molecule has 0 aliphatic rings. The van der Waals surface area contributed by atoms with E-state index in [-0.39, 0.29) is 32.3 Å². The standard InChI is InChI=1S/C50H84NO11P/c1-6-8-10-11-12-13-14-15-16-17-18-19-20-21-22-23-24-29-33-39-49(55)59-43-46(44-61-63(57,58)60-42-41-51(3,4)5)62-50(56)40-34-38-48(54)47(53)37-32-28-26-25-27-31-36-45(52)35-30-9-7-2/h12-13,15-16,18-19,21-22,25-28,31-32,36-37,45-48,52-54H,6-11,14,17,20,23-24,29-30,33-35,38-44H2,1-5H3/b13-12-,16-15-,19-18-,22-21-,27-25-,28-26+,36-31+,37-32+/t45-,46+,47-,48-/m0/s1. The summed E-state index contributed by atoms with van der Waals surface area (Å²) < 4.78 is 33.6. The number of allylic oxidation sites excluding steroid dienone is 14. The Hall–Kier alpha value is -3.19. The number of phosphoric acid groups is 1. The van der Waals surface area contributed by atoms with Crippen LogP contribution in [0, 0.1) is 0 Å². The Kier molecular flexibility index (Phi) is 38.3. The molecule has 1 unspecified atom stereocenters. The van der Waals surface area contributed by atoms with Gasteiger partial charge in [0.25, 0.3) is 7.82 Å². The molecule has 0 aliphatic carbocycles. The van der Waals surface area contributed by atoms with Crippen molar-refractivity contribution in [3.8, 4) is 0 Å². The molecule has 0 saturated heterocycles. The fourth-order valence-corrected chi connectivity index (χ4v) is 6.34. The molecule has 0 amide bonds. The Bertz CT molecular complexity index is 1440. The van der Waals surface area contributed by atoms with Crippen LogP contribution in [0.25, 0.3) is 0 Å². The van der Waals surface area contributed by atoms with Crippen LogP contribution < -0.4 is 4.89 Å². The lowest BCUT2D eigenvalue weighted by molar-refractivity contribution is -0.870. The zero-order chi connectivity index (χ0) is 46.9. The summed E-state index contributed by atoms with van der Waals surface area (Å²) in [5.41, 5.74) is 0. The van der Waals surface area contributed by atoms with Crippen LogP contribution in [-0.2, 0) is 32.7 Å². The molecule has 13 heteroatoms. The zero-order valence-corrected chi connectivity index (χ0v) is 40.2. The number of hydrogen-bond acceptors (Lipinski definition) is 11. The van der Waals surface area contributed by atoms with Crippen molar-refractivity contribution < 1.29 is 57.4 Å². The van der Waals surface area contributed by atoms with Gasteiger partial charge in [-0.3, -0.25) is 14.2 Å². The molecule has 0 fully saturated rings. The first-order valence-electron chi connectivity index (χ1n) is 23.3. The normalized spacial score (nSPS) is 15.9. The molecule has 63 heavy (non-hydrogen) atoms. The number of aliphatic hydroxyl groups excluding tert-OH is 3. The summed E-state index contributed by atoms with van der Waals surface area (Å²) in [7, 11) is 0.912. The maximum atomic E-state index is 12.7. The third-order valence-corrected chi connectivity index (χ3v) is 10.4. The van der Waals surface area contributed by atoms with Crippen LogP contribution in [-0.4, -0.2) is 104 Å². The summed E-state index contributed by atoms with van der Waals surface area (Å²) in [6, 6.07) is 0. The number of carbonyl (C=O) groups excluding carboxylic acids is 2. The highest BCUT2D eigenvalue weighted by molar-refractivity contribution is 7.45. The molecule has 5 atom stereocenters. The molecule has 12 nitrogen and oxygen atoms in total. The molecule has 0 saturated carbocycles. The largest absolute Gasteiger partial charge is 0.756 e. The molecule has 0 radical (unpaired) electrons. The van der Waals surface area contributed by atoms with Gasteiger partial charge in [0.15, 0.2) is 6.10 Å². The van der Waals surface area contributed by atoms with Crippen LogP contribution in [0.15, 0.2) is 97.2 Å². The van der Waals surface area contributed by atoms with Crippen molar-refractivity contribution in [3.05, 3.63) is 97.2 Å². The summed E-state index contributed by atoms with van der Waals surface area (Å²) in [5, 5.41) is 30.6. The Morgan fingerprint density at radius 2 is 1.16 bits per heavy atom. The number of nitrogens with zero attached hydrogens (tertiary/aromatic N) is 1. The topological polar surface area (TPSA) is 172 Å². The average molecular weight is 906 g/mol. The number of likely N-dealkylation sites (N-methyl/N-ethyl adjacent to an activating group) is 1. The molecule has 0 aromatic carbocycles. The number of unbranched alkanes of at least 4 members (excludes halogenated alkanes) is 8. The molecule has 0 spiro atoms. The zero-order valence-electron chi connectivity index (χ0n) is 39.3. The van der Waals surface area contributed by atoms with E-state index in [1.807, 2.05) is 21.1 Å². The van der Waals surface area contributed by atoms with Gasteiger partial charge >= 0.3 is 11.9 Å². The molecule has 3 N–H and O–H groups in total. The molecule has 0 aromatic rings. The number of aliphatic hydroxyl groups is 3. The SMILES string of the molecule is CCCCC/C=C\C/C=C\C/C=C\C/C=C\CCCCCC(=O)OC[C@H](COP(=O)([O-])OCC[N+](C)(C)C)OC(=O)CCC[C@H](O)[C@@H](O)/C=C/C=C/C=C\C=C\[C@@H](O)CCCCC. The van der Waals surface area contributed by atoms with Crippen molar-refractivity contribution in [2.75, 3.05) is 47.5 Å². The van der Waals surface area contributed by atoms with Gasteiger partial charge in [-0.2, -0.15) is 0 Å². The summed E-state index contributed by atoms with van der Waals surface area (Å²) in [6.45, 7) is 3.63. The van der Waals surface area contributed by atoms with Gasteiger partial charge in [-0.25, -0.2) is 0 Å². The van der Waals surface area contributed by atoms with Gasteiger partial charge in [0.05, 0.1) is 46.1 Å². The second kappa shape index (κ2) is 40.3. The quantitative estimate of drug-likeness (QED) is 0.0134. The van der Waals surface area contributed by atoms with E-state index in [1.54, 1.807) is 42.5 Å². The first-order chi connectivity index (χ1) is 30.2. The third kappa shape index (κ3) is 42.5.